The van der Waals surface area contributed by atoms with Crippen LogP contribution < -0.4 is 10.1 Å². The molecule has 7 heteroatoms. The highest BCUT2D eigenvalue weighted by molar-refractivity contribution is 6.29. The zero-order valence-corrected chi connectivity index (χ0v) is 16.5. The Kier molecular flexibility index (Phi) is 7.11. The molecule has 0 aliphatic rings. The summed E-state index contributed by atoms with van der Waals surface area (Å²) in [5, 5.41) is 11.2. The van der Waals surface area contributed by atoms with Crippen LogP contribution in [0.5, 0.6) is 5.75 Å². The number of ether oxygens (including phenoxy) is 1. The van der Waals surface area contributed by atoms with Crippen LogP contribution in [-0.2, 0) is 20.8 Å². The van der Waals surface area contributed by atoms with Gasteiger partial charge in [0.25, 0.3) is 5.91 Å². The van der Waals surface area contributed by atoms with Gasteiger partial charge in [0.15, 0.2) is 0 Å². The van der Waals surface area contributed by atoms with Crippen molar-refractivity contribution in [2.45, 2.75) is 12.8 Å². The number of benzene rings is 3. The standard InChI is InChI=1S/C24H20FNO5/c25-20-12-17(11-19(14-20)18-4-2-1-3-5-18)10-16-6-7-21(26-23(28)15-27)22(13-16)31-9-8-24(29)30/h1-7,11-15H,8-10H2,(H,26,28)(H,29,30). The molecule has 3 aromatic carbocycles. The Morgan fingerprint density at radius 1 is 0.968 bits per heavy atom. The molecule has 0 aliphatic heterocycles. The number of nitrogens with one attached hydrogen (secondary N) is 1. The summed E-state index contributed by atoms with van der Waals surface area (Å²) < 4.78 is 19.7. The van der Waals surface area contributed by atoms with Crippen molar-refractivity contribution in [3.63, 3.8) is 0 Å². The van der Waals surface area contributed by atoms with Crippen LogP contribution >= 0.6 is 0 Å². The van der Waals surface area contributed by atoms with E-state index in [0.29, 0.717) is 6.42 Å². The number of halogens is 1. The molecule has 1 amide bonds. The maximum absolute atomic E-state index is 14.2. The van der Waals surface area contributed by atoms with E-state index in [1.165, 1.54) is 12.1 Å². The summed E-state index contributed by atoms with van der Waals surface area (Å²) in [6, 6.07) is 19.2. The summed E-state index contributed by atoms with van der Waals surface area (Å²) in [5.41, 5.74) is 3.39. The number of amides is 1. The van der Waals surface area contributed by atoms with E-state index < -0.39 is 11.9 Å². The second-order valence-electron chi connectivity index (χ2n) is 6.82. The number of carboxylic acid groups (broad SMARTS) is 1. The van der Waals surface area contributed by atoms with Crippen LogP contribution in [0.25, 0.3) is 11.1 Å². The second kappa shape index (κ2) is 10.2. The molecule has 6 nitrogen and oxygen atoms in total. The predicted molar refractivity (Wildman–Crippen MR) is 114 cm³/mol. The van der Waals surface area contributed by atoms with E-state index in [-0.39, 0.29) is 36.6 Å². The number of aliphatic carboxylic acids is 1. The fourth-order valence-corrected chi connectivity index (χ4v) is 3.10. The molecule has 0 saturated carbocycles. The topological polar surface area (TPSA) is 92.7 Å². The van der Waals surface area contributed by atoms with Gasteiger partial charge in [-0.25, -0.2) is 4.39 Å². The fourth-order valence-electron chi connectivity index (χ4n) is 3.10. The van der Waals surface area contributed by atoms with E-state index in [0.717, 1.165) is 22.3 Å². The van der Waals surface area contributed by atoms with Crippen LogP contribution in [-0.4, -0.2) is 29.9 Å². The first kappa shape index (κ1) is 21.7. The number of hydrogen-bond acceptors (Lipinski definition) is 4. The molecule has 0 fully saturated rings. The average Bonchev–Trinajstić information content (AvgIpc) is 2.75. The second-order valence-corrected chi connectivity index (χ2v) is 6.82. The van der Waals surface area contributed by atoms with Crippen molar-refractivity contribution in [3.05, 3.63) is 83.7 Å². The Bertz CT molecular complexity index is 1100. The number of rotatable bonds is 9. The summed E-state index contributed by atoms with van der Waals surface area (Å²) in [6.45, 7) is -0.110. The smallest absolute Gasteiger partial charge is 0.306 e. The van der Waals surface area contributed by atoms with Crippen LogP contribution in [0.1, 0.15) is 17.5 Å². The van der Waals surface area contributed by atoms with Gasteiger partial charge in [0, 0.05) is 0 Å². The molecule has 0 atom stereocenters. The van der Waals surface area contributed by atoms with Crippen LogP contribution in [0.15, 0.2) is 66.7 Å². The van der Waals surface area contributed by atoms with E-state index in [9.17, 15) is 18.8 Å². The maximum atomic E-state index is 14.2. The lowest BCUT2D eigenvalue weighted by Gasteiger charge is -2.13. The minimum Gasteiger partial charge on any atom is -0.491 e. The monoisotopic (exact) mass is 421 g/mol. The van der Waals surface area contributed by atoms with Crippen molar-refractivity contribution in [1.29, 1.82) is 0 Å². The van der Waals surface area contributed by atoms with Crippen molar-refractivity contribution in [3.8, 4) is 16.9 Å². The average molecular weight is 421 g/mol. The Hall–Kier alpha value is -4.00. The predicted octanol–water partition coefficient (Wildman–Crippen LogP) is 4.07. The van der Waals surface area contributed by atoms with Crippen molar-refractivity contribution >= 4 is 23.9 Å². The van der Waals surface area contributed by atoms with Crippen LogP contribution in [0.2, 0.25) is 0 Å². The summed E-state index contributed by atoms with van der Waals surface area (Å²) in [5.74, 6) is -2.01. The molecule has 0 heterocycles. The van der Waals surface area contributed by atoms with Crippen molar-refractivity contribution in [2.24, 2.45) is 0 Å². The number of carbonyl (C=O) groups is 3. The third-order valence-corrected chi connectivity index (χ3v) is 4.46. The van der Waals surface area contributed by atoms with Crippen molar-refractivity contribution < 1.29 is 28.6 Å². The first-order valence-electron chi connectivity index (χ1n) is 9.53. The minimum atomic E-state index is -1.03. The van der Waals surface area contributed by atoms with E-state index >= 15 is 0 Å². The van der Waals surface area contributed by atoms with Crippen LogP contribution in [0.3, 0.4) is 0 Å². The van der Waals surface area contributed by atoms with Crippen molar-refractivity contribution in [2.75, 3.05) is 11.9 Å². The summed E-state index contributed by atoms with van der Waals surface area (Å²) in [6.07, 6.45) is 0.289. The Labute approximate surface area is 178 Å². The van der Waals surface area contributed by atoms with Gasteiger partial charge >= 0.3 is 5.97 Å². The van der Waals surface area contributed by atoms with Gasteiger partial charge in [-0.15, -0.1) is 0 Å². The fraction of sp³-hybridized carbons (Fsp3) is 0.125. The molecule has 0 bridgehead atoms. The molecule has 0 saturated heterocycles. The van der Waals surface area contributed by atoms with Gasteiger partial charge in [-0.1, -0.05) is 42.5 Å². The van der Waals surface area contributed by atoms with Gasteiger partial charge in [0.1, 0.15) is 11.6 Å². The summed E-state index contributed by atoms with van der Waals surface area (Å²) in [4.78, 5) is 32.8. The Morgan fingerprint density at radius 3 is 2.45 bits per heavy atom. The maximum Gasteiger partial charge on any atom is 0.306 e. The molecule has 158 valence electrons. The zero-order valence-electron chi connectivity index (χ0n) is 16.5. The van der Waals surface area contributed by atoms with E-state index in [4.69, 9.17) is 9.84 Å². The molecular weight excluding hydrogens is 401 g/mol. The highest BCUT2D eigenvalue weighted by Gasteiger charge is 2.11. The highest BCUT2D eigenvalue weighted by atomic mass is 19.1. The first-order valence-corrected chi connectivity index (χ1v) is 9.53. The Morgan fingerprint density at radius 2 is 1.74 bits per heavy atom. The lowest BCUT2D eigenvalue weighted by atomic mass is 9.98. The molecule has 3 aromatic rings. The SMILES string of the molecule is O=CC(=O)Nc1ccc(Cc2cc(F)cc(-c3ccccc3)c2)cc1OCCC(=O)O. The third kappa shape index (κ3) is 6.24. The summed E-state index contributed by atoms with van der Waals surface area (Å²) in [7, 11) is 0. The lowest BCUT2D eigenvalue weighted by Crippen LogP contribution is -2.14. The molecule has 0 aromatic heterocycles. The molecule has 0 unspecified atom stereocenters. The van der Waals surface area contributed by atoms with E-state index in [1.807, 2.05) is 36.4 Å². The van der Waals surface area contributed by atoms with Gasteiger partial charge in [-0.3, -0.25) is 14.4 Å². The quantitative estimate of drug-likeness (QED) is 0.401. The van der Waals surface area contributed by atoms with Gasteiger partial charge in [0.05, 0.1) is 18.7 Å². The van der Waals surface area contributed by atoms with Gasteiger partial charge < -0.3 is 15.2 Å². The number of aldehydes is 1. The number of anilines is 1. The van der Waals surface area contributed by atoms with Gasteiger partial charge in [-0.2, -0.15) is 0 Å². The van der Waals surface area contributed by atoms with E-state index in [1.54, 1.807) is 18.2 Å². The molecule has 31 heavy (non-hydrogen) atoms. The molecule has 0 aliphatic carbocycles. The zero-order chi connectivity index (χ0) is 22.2. The third-order valence-electron chi connectivity index (χ3n) is 4.46. The van der Waals surface area contributed by atoms with Crippen LogP contribution in [0, 0.1) is 5.82 Å². The molecular formula is C24H20FNO5. The lowest BCUT2D eigenvalue weighted by molar-refractivity contribution is -0.137. The first-order chi connectivity index (χ1) is 14.9. The molecule has 0 spiro atoms. The van der Waals surface area contributed by atoms with Gasteiger partial charge in [-0.05, 0) is 52.9 Å². The Balaban J connectivity index is 1.87. The van der Waals surface area contributed by atoms with Crippen LogP contribution in [0.4, 0.5) is 10.1 Å². The van der Waals surface area contributed by atoms with E-state index in [2.05, 4.69) is 5.32 Å². The highest BCUT2D eigenvalue weighted by Crippen LogP contribution is 2.29. The number of hydrogen-bond donors (Lipinski definition) is 2. The van der Waals surface area contributed by atoms with Gasteiger partial charge in [0.2, 0.25) is 6.29 Å². The number of carbonyl (C=O) groups excluding carboxylic acids is 2. The molecule has 0 radical (unpaired) electrons. The summed E-state index contributed by atoms with van der Waals surface area (Å²) >= 11 is 0. The molecule has 2 N–H and O–H groups in total. The normalized spacial score (nSPS) is 10.4. The largest absolute Gasteiger partial charge is 0.491 e. The minimum absolute atomic E-state index is 0.110. The number of carboxylic acids is 1. The molecule has 3 rings (SSSR count). The van der Waals surface area contributed by atoms with Crippen molar-refractivity contribution in [1.82, 2.24) is 0 Å².